The van der Waals surface area contributed by atoms with Crippen molar-refractivity contribution in [1.82, 2.24) is 15.3 Å². The van der Waals surface area contributed by atoms with E-state index in [1.807, 2.05) is 13.0 Å². The lowest BCUT2D eigenvalue weighted by Gasteiger charge is -2.25. The second-order valence-electron chi connectivity index (χ2n) is 4.19. The first-order chi connectivity index (χ1) is 7.61. The van der Waals surface area contributed by atoms with E-state index in [4.69, 9.17) is 5.84 Å². The van der Waals surface area contributed by atoms with Crippen molar-refractivity contribution in [3.8, 4) is 0 Å². The van der Waals surface area contributed by atoms with Crippen LogP contribution in [0, 0.1) is 6.92 Å². The molecule has 2 rings (SSSR count). The first kappa shape index (κ1) is 11.0. The Bertz CT molecular complexity index is 430. The number of nitrogen functional groups attached to an aromatic ring is 1. The van der Waals surface area contributed by atoms with Crippen molar-refractivity contribution in [2.45, 2.75) is 19.9 Å². The molecule has 0 unspecified atom stereocenters. The van der Waals surface area contributed by atoms with E-state index in [2.05, 4.69) is 22.4 Å². The largest absolute Gasteiger partial charge is 0.302 e. The molecule has 3 N–H and O–H groups in total. The lowest BCUT2D eigenvalue weighted by molar-refractivity contribution is 0.0952. The Morgan fingerprint density at radius 1 is 1.62 bits per heavy atom. The highest BCUT2D eigenvalue weighted by Gasteiger charge is 2.18. The summed E-state index contributed by atoms with van der Waals surface area (Å²) in [5.41, 5.74) is 5.68. The lowest BCUT2D eigenvalue weighted by Crippen LogP contribution is -2.32. The average molecular weight is 220 g/mol. The number of pyridine rings is 1. The summed E-state index contributed by atoms with van der Waals surface area (Å²) < 4.78 is 0. The molecular formula is C11H16N4O. The third kappa shape index (κ3) is 1.91. The molecule has 1 amide bonds. The summed E-state index contributed by atoms with van der Waals surface area (Å²) in [4.78, 5) is 18.2. The molecule has 0 fully saturated rings. The number of likely N-dealkylation sites (N-methyl/N-ethyl adjacent to an activating group) is 1. The maximum atomic E-state index is 11.5. The van der Waals surface area contributed by atoms with E-state index in [0.29, 0.717) is 5.56 Å². The number of nitrogens with one attached hydrogen (secondary N) is 1. The molecule has 0 saturated heterocycles. The summed E-state index contributed by atoms with van der Waals surface area (Å²) in [6.07, 6.45) is 0.942. The molecule has 0 aromatic carbocycles. The number of nitrogens with two attached hydrogens (primary N) is 1. The van der Waals surface area contributed by atoms with Crippen molar-refractivity contribution in [2.24, 2.45) is 5.84 Å². The van der Waals surface area contributed by atoms with Crippen LogP contribution in [-0.4, -0.2) is 29.4 Å². The number of rotatable bonds is 1. The summed E-state index contributed by atoms with van der Waals surface area (Å²) in [5.74, 6) is 4.86. The first-order valence-corrected chi connectivity index (χ1v) is 5.30. The van der Waals surface area contributed by atoms with Crippen LogP contribution in [0.2, 0.25) is 0 Å². The second kappa shape index (κ2) is 4.19. The van der Waals surface area contributed by atoms with Crippen LogP contribution in [0.1, 0.15) is 27.3 Å². The van der Waals surface area contributed by atoms with Crippen LogP contribution >= 0.6 is 0 Å². The Morgan fingerprint density at radius 2 is 2.38 bits per heavy atom. The van der Waals surface area contributed by atoms with Crippen LogP contribution < -0.4 is 11.3 Å². The quantitative estimate of drug-likeness (QED) is 0.396. The van der Waals surface area contributed by atoms with Gasteiger partial charge in [-0.3, -0.25) is 15.2 Å². The second-order valence-corrected chi connectivity index (χ2v) is 4.19. The molecule has 1 aromatic rings. The van der Waals surface area contributed by atoms with Gasteiger partial charge in [0.2, 0.25) is 0 Å². The van der Waals surface area contributed by atoms with E-state index < -0.39 is 0 Å². The van der Waals surface area contributed by atoms with Crippen molar-refractivity contribution in [2.75, 3.05) is 13.6 Å². The highest BCUT2D eigenvalue weighted by atomic mass is 16.2. The Labute approximate surface area is 94.6 Å². The van der Waals surface area contributed by atoms with Crippen LogP contribution in [0.5, 0.6) is 0 Å². The topological polar surface area (TPSA) is 71.2 Å². The Hall–Kier alpha value is -1.46. The minimum Gasteiger partial charge on any atom is -0.302 e. The zero-order valence-corrected chi connectivity index (χ0v) is 9.58. The van der Waals surface area contributed by atoms with E-state index in [1.54, 1.807) is 0 Å². The molecule has 16 heavy (non-hydrogen) atoms. The van der Waals surface area contributed by atoms with Gasteiger partial charge in [-0.25, -0.2) is 5.84 Å². The van der Waals surface area contributed by atoms with Gasteiger partial charge in [-0.15, -0.1) is 0 Å². The Morgan fingerprint density at radius 3 is 3.06 bits per heavy atom. The molecule has 2 heterocycles. The maximum Gasteiger partial charge on any atom is 0.267 e. The fourth-order valence-electron chi connectivity index (χ4n) is 2.02. The first-order valence-electron chi connectivity index (χ1n) is 5.30. The standard InChI is InChI=1S/C11H16N4O/c1-7-9(11(16)14-12)5-8-6-15(2)4-3-10(8)13-7/h5H,3-4,6,12H2,1-2H3,(H,14,16). The van der Waals surface area contributed by atoms with Gasteiger partial charge in [0.1, 0.15) is 0 Å². The van der Waals surface area contributed by atoms with Crippen molar-refractivity contribution >= 4 is 5.91 Å². The van der Waals surface area contributed by atoms with Crippen molar-refractivity contribution in [3.63, 3.8) is 0 Å². The summed E-state index contributed by atoms with van der Waals surface area (Å²) in [7, 11) is 2.06. The molecule has 1 aliphatic heterocycles. The van der Waals surface area contributed by atoms with Gasteiger partial charge in [0, 0.05) is 25.2 Å². The molecule has 0 spiro atoms. The van der Waals surface area contributed by atoms with Gasteiger partial charge in [-0.05, 0) is 25.6 Å². The molecule has 0 radical (unpaired) electrons. The number of carbonyl (C=O) groups excluding carboxylic acids is 1. The molecule has 1 aliphatic rings. The van der Waals surface area contributed by atoms with Crippen molar-refractivity contribution < 1.29 is 4.79 Å². The number of nitrogens with zero attached hydrogens (tertiary/aromatic N) is 2. The zero-order chi connectivity index (χ0) is 11.7. The minimum absolute atomic E-state index is 0.277. The third-order valence-corrected chi connectivity index (χ3v) is 2.93. The predicted octanol–water partition coefficient (Wildman–Crippen LogP) is -0.0186. The van der Waals surface area contributed by atoms with Crippen LogP contribution in [0.25, 0.3) is 0 Å². The number of hydrazine groups is 1. The zero-order valence-electron chi connectivity index (χ0n) is 9.58. The van der Waals surface area contributed by atoms with E-state index in [1.165, 1.54) is 0 Å². The van der Waals surface area contributed by atoms with Gasteiger partial charge >= 0.3 is 0 Å². The van der Waals surface area contributed by atoms with E-state index in [9.17, 15) is 4.79 Å². The number of hydrogen-bond donors (Lipinski definition) is 2. The molecule has 86 valence electrons. The monoisotopic (exact) mass is 220 g/mol. The summed E-state index contributed by atoms with van der Waals surface area (Å²) in [5, 5.41) is 0. The molecule has 5 heteroatoms. The van der Waals surface area contributed by atoms with E-state index in [-0.39, 0.29) is 5.91 Å². The molecule has 1 aromatic heterocycles. The number of fused-ring (bicyclic) bond motifs is 1. The van der Waals surface area contributed by atoms with Crippen LogP contribution in [0.4, 0.5) is 0 Å². The number of hydrogen-bond acceptors (Lipinski definition) is 4. The number of amides is 1. The summed E-state index contributed by atoms with van der Waals surface area (Å²) in [6, 6.07) is 1.90. The summed E-state index contributed by atoms with van der Waals surface area (Å²) in [6.45, 7) is 3.69. The smallest absolute Gasteiger partial charge is 0.267 e. The molecule has 0 atom stereocenters. The average Bonchev–Trinajstić information content (AvgIpc) is 2.28. The SMILES string of the molecule is Cc1nc2c(cc1C(=O)NN)CN(C)CC2. The predicted molar refractivity (Wildman–Crippen MR) is 60.7 cm³/mol. The third-order valence-electron chi connectivity index (χ3n) is 2.93. The van der Waals surface area contributed by atoms with E-state index in [0.717, 1.165) is 36.5 Å². The Balaban J connectivity index is 2.43. The van der Waals surface area contributed by atoms with Crippen LogP contribution in [-0.2, 0) is 13.0 Å². The van der Waals surface area contributed by atoms with Crippen LogP contribution in [0.15, 0.2) is 6.07 Å². The molecule has 0 aliphatic carbocycles. The molecule has 0 bridgehead atoms. The minimum atomic E-state index is -0.277. The summed E-state index contributed by atoms with van der Waals surface area (Å²) >= 11 is 0. The highest BCUT2D eigenvalue weighted by Crippen LogP contribution is 2.19. The van der Waals surface area contributed by atoms with Crippen molar-refractivity contribution in [3.05, 3.63) is 28.6 Å². The van der Waals surface area contributed by atoms with E-state index >= 15 is 0 Å². The normalized spacial score (nSPS) is 15.7. The number of carbonyl (C=O) groups is 1. The molecular weight excluding hydrogens is 204 g/mol. The van der Waals surface area contributed by atoms with Gasteiger partial charge in [0.05, 0.1) is 11.3 Å². The van der Waals surface area contributed by atoms with Gasteiger partial charge in [0.15, 0.2) is 0 Å². The van der Waals surface area contributed by atoms with Gasteiger partial charge in [0.25, 0.3) is 5.91 Å². The highest BCUT2D eigenvalue weighted by molar-refractivity contribution is 5.95. The fourth-order valence-corrected chi connectivity index (χ4v) is 2.02. The maximum absolute atomic E-state index is 11.5. The fraction of sp³-hybridized carbons (Fsp3) is 0.455. The lowest BCUT2D eigenvalue weighted by atomic mass is 10.0. The van der Waals surface area contributed by atoms with Gasteiger partial charge < -0.3 is 4.90 Å². The van der Waals surface area contributed by atoms with Gasteiger partial charge in [-0.2, -0.15) is 0 Å². The Kier molecular flexibility index (Phi) is 2.89. The number of aryl methyl sites for hydroxylation is 1. The van der Waals surface area contributed by atoms with Gasteiger partial charge in [-0.1, -0.05) is 0 Å². The molecule has 0 saturated carbocycles. The van der Waals surface area contributed by atoms with Crippen molar-refractivity contribution in [1.29, 1.82) is 0 Å². The number of aromatic nitrogens is 1. The molecule has 5 nitrogen and oxygen atoms in total. The van der Waals surface area contributed by atoms with Crippen LogP contribution in [0.3, 0.4) is 0 Å².